The fraction of sp³-hybridized carbons (Fsp3) is 0.500. The van der Waals surface area contributed by atoms with E-state index >= 15 is 0 Å². The van der Waals surface area contributed by atoms with E-state index in [1.807, 2.05) is 0 Å². The first-order valence-corrected chi connectivity index (χ1v) is 7.77. The van der Waals surface area contributed by atoms with Gasteiger partial charge in [-0.2, -0.15) is 13.2 Å². The Hall–Kier alpha value is -2.29. The molecule has 1 heterocycles. The van der Waals surface area contributed by atoms with Gasteiger partial charge in [-0.3, -0.25) is 4.79 Å². The Morgan fingerprint density at radius 3 is 2.28 bits per heavy atom. The van der Waals surface area contributed by atoms with Crippen molar-refractivity contribution in [2.45, 2.75) is 19.1 Å². The molecule has 0 spiro atoms. The fourth-order valence-electron chi connectivity index (χ4n) is 2.45. The third kappa shape index (κ3) is 5.63. The molecule has 1 N–H and O–H groups in total. The molecule has 0 aromatic heterocycles. The molecule has 1 aliphatic rings. The molecule has 6 nitrogen and oxygen atoms in total. The maximum Gasteiger partial charge on any atom is 0.416 e. The molecule has 2 rings (SSSR count). The fourth-order valence-corrected chi connectivity index (χ4v) is 2.45. The Morgan fingerprint density at radius 1 is 1.16 bits per heavy atom. The number of ether oxygens (including phenoxy) is 1. The van der Waals surface area contributed by atoms with Gasteiger partial charge in [0, 0.05) is 26.2 Å². The topological polar surface area (TPSA) is 70.1 Å². The lowest BCUT2D eigenvalue weighted by Gasteiger charge is -2.33. The number of nitrogens with zero attached hydrogens (tertiary/aromatic N) is 2. The van der Waals surface area contributed by atoms with Gasteiger partial charge in [-0.1, -0.05) is 12.1 Å². The standard InChI is InChI=1S/C16H19F3N2O4/c17-16(18,19)13-3-1-12(2-4-13)11-21(6-5-14(22)23)15(24)20-7-9-25-10-8-20/h1-4H,5-11H2,(H,22,23). The summed E-state index contributed by atoms with van der Waals surface area (Å²) >= 11 is 0. The molecule has 1 fully saturated rings. The van der Waals surface area contributed by atoms with E-state index in [0.29, 0.717) is 31.9 Å². The molecule has 0 bridgehead atoms. The lowest BCUT2D eigenvalue weighted by atomic mass is 10.1. The average Bonchev–Trinajstić information content (AvgIpc) is 2.58. The molecule has 9 heteroatoms. The smallest absolute Gasteiger partial charge is 0.416 e. The number of amides is 2. The monoisotopic (exact) mass is 360 g/mol. The van der Waals surface area contributed by atoms with Gasteiger partial charge < -0.3 is 19.6 Å². The van der Waals surface area contributed by atoms with Gasteiger partial charge in [-0.05, 0) is 17.7 Å². The number of halogens is 3. The van der Waals surface area contributed by atoms with Gasteiger partial charge in [0.15, 0.2) is 0 Å². The van der Waals surface area contributed by atoms with Crippen LogP contribution < -0.4 is 0 Å². The second-order valence-corrected chi connectivity index (χ2v) is 5.64. The Kier molecular flexibility index (Phi) is 6.24. The van der Waals surface area contributed by atoms with Gasteiger partial charge in [0.2, 0.25) is 0 Å². The summed E-state index contributed by atoms with van der Waals surface area (Å²) in [6, 6.07) is 4.14. The summed E-state index contributed by atoms with van der Waals surface area (Å²) in [6.07, 6.45) is -4.66. The number of urea groups is 1. The van der Waals surface area contributed by atoms with Crippen molar-refractivity contribution in [2.24, 2.45) is 0 Å². The molecule has 2 amide bonds. The maximum absolute atomic E-state index is 12.6. The van der Waals surface area contributed by atoms with E-state index in [1.165, 1.54) is 17.0 Å². The van der Waals surface area contributed by atoms with Crippen molar-refractivity contribution < 1.29 is 32.6 Å². The Bertz CT molecular complexity index is 598. The summed E-state index contributed by atoms with van der Waals surface area (Å²) in [6.45, 7) is 1.62. The second-order valence-electron chi connectivity index (χ2n) is 5.64. The van der Waals surface area contributed by atoms with Gasteiger partial charge >= 0.3 is 18.2 Å². The van der Waals surface area contributed by atoms with Gasteiger partial charge in [-0.25, -0.2) is 4.79 Å². The summed E-state index contributed by atoms with van der Waals surface area (Å²) < 4.78 is 43.0. The van der Waals surface area contributed by atoms with Crippen LogP contribution in [0.1, 0.15) is 17.5 Å². The molecule has 1 aromatic carbocycles. The van der Waals surface area contributed by atoms with E-state index < -0.39 is 17.7 Å². The number of benzene rings is 1. The number of hydrogen-bond donors (Lipinski definition) is 1. The third-order valence-electron chi connectivity index (χ3n) is 3.80. The van der Waals surface area contributed by atoms with Gasteiger partial charge in [0.25, 0.3) is 0 Å². The number of alkyl halides is 3. The van der Waals surface area contributed by atoms with E-state index in [-0.39, 0.29) is 25.5 Å². The zero-order chi connectivity index (χ0) is 18.4. The molecule has 138 valence electrons. The van der Waals surface area contributed by atoms with Crippen molar-refractivity contribution in [3.63, 3.8) is 0 Å². The largest absolute Gasteiger partial charge is 0.481 e. The van der Waals surface area contributed by atoms with Crippen LogP contribution in [0, 0.1) is 0 Å². The van der Waals surface area contributed by atoms with Gasteiger partial charge in [0.1, 0.15) is 0 Å². The molecule has 1 saturated heterocycles. The quantitative estimate of drug-likeness (QED) is 0.876. The SMILES string of the molecule is O=C(O)CCN(Cc1ccc(C(F)(F)F)cc1)C(=O)N1CCOCC1. The van der Waals surface area contributed by atoms with Crippen molar-refractivity contribution in [2.75, 3.05) is 32.8 Å². The summed E-state index contributed by atoms with van der Waals surface area (Å²) in [7, 11) is 0. The van der Waals surface area contributed by atoms with Crippen LogP contribution in [0.15, 0.2) is 24.3 Å². The number of carboxylic acid groups (broad SMARTS) is 1. The van der Waals surface area contributed by atoms with E-state index in [0.717, 1.165) is 12.1 Å². The second kappa shape index (κ2) is 8.19. The zero-order valence-electron chi connectivity index (χ0n) is 13.5. The minimum Gasteiger partial charge on any atom is -0.481 e. The Balaban J connectivity index is 2.09. The van der Waals surface area contributed by atoms with Crippen LogP contribution in [0.2, 0.25) is 0 Å². The first-order chi connectivity index (χ1) is 11.8. The third-order valence-corrected chi connectivity index (χ3v) is 3.80. The Labute approximate surface area is 142 Å². The highest BCUT2D eigenvalue weighted by atomic mass is 19.4. The highest BCUT2D eigenvalue weighted by Crippen LogP contribution is 2.29. The van der Waals surface area contributed by atoms with Crippen molar-refractivity contribution in [3.05, 3.63) is 35.4 Å². The lowest BCUT2D eigenvalue weighted by Crippen LogP contribution is -2.48. The number of carbonyl (C=O) groups excluding carboxylic acids is 1. The highest BCUT2D eigenvalue weighted by molar-refractivity contribution is 5.75. The number of carbonyl (C=O) groups is 2. The predicted octanol–water partition coefficient (Wildman–Crippen LogP) is 2.43. The first-order valence-electron chi connectivity index (χ1n) is 7.77. The molecule has 25 heavy (non-hydrogen) atoms. The molecule has 0 unspecified atom stereocenters. The van der Waals surface area contributed by atoms with Crippen LogP contribution in [-0.4, -0.2) is 59.8 Å². The van der Waals surface area contributed by atoms with Crippen molar-refractivity contribution in [1.29, 1.82) is 0 Å². The molecule has 0 aliphatic carbocycles. The summed E-state index contributed by atoms with van der Waals surface area (Å²) in [5.41, 5.74) is -0.271. The van der Waals surface area contributed by atoms with Crippen LogP contribution in [0.5, 0.6) is 0 Å². The van der Waals surface area contributed by atoms with E-state index in [1.54, 1.807) is 4.90 Å². The molecule has 0 atom stereocenters. The predicted molar refractivity (Wildman–Crippen MR) is 81.9 cm³/mol. The van der Waals surface area contributed by atoms with Crippen LogP contribution in [0.25, 0.3) is 0 Å². The summed E-state index contributed by atoms with van der Waals surface area (Å²) in [5, 5.41) is 8.85. The number of carboxylic acids is 1. The Morgan fingerprint density at radius 2 is 1.76 bits per heavy atom. The van der Waals surface area contributed by atoms with E-state index in [4.69, 9.17) is 9.84 Å². The number of rotatable bonds is 5. The molecule has 1 aliphatic heterocycles. The van der Waals surface area contributed by atoms with Crippen LogP contribution >= 0.6 is 0 Å². The van der Waals surface area contributed by atoms with Crippen LogP contribution in [0.3, 0.4) is 0 Å². The van der Waals surface area contributed by atoms with E-state index in [2.05, 4.69) is 0 Å². The molecular formula is C16H19F3N2O4. The maximum atomic E-state index is 12.6. The number of hydrogen-bond acceptors (Lipinski definition) is 3. The zero-order valence-corrected chi connectivity index (χ0v) is 13.5. The van der Waals surface area contributed by atoms with Gasteiger partial charge in [-0.15, -0.1) is 0 Å². The van der Waals surface area contributed by atoms with Crippen LogP contribution in [0.4, 0.5) is 18.0 Å². The van der Waals surface area contributed by atoms with Crippen LogP contribution in [-0.2, 0) is 22.3 Å². The van der Waals surface area contributed by atoms with Gasteiger partial charge in [0.05, 0.1) is 25.2 Å². The highest BCUT2D eigenvalue weighted by Gasteiger charge is 2.30. The number of aliphatic carboxylic acids is 1. The normalized spacial score (nSPS) is 15.1. The molecule has 1 aromatic rings. The molecular weight excluding hydrogens is 341 g/mol. The summed E-state index contributed by atoms with van der Waals surface area (Å²) in [5.74, 6) is -1.05. The first kappa shape index (κ1) is 19.0. The minimum atomic E-state index is -4.43. The van der Waals surface area contributed by atoms with Crippen molar-refractivity contribution in [1.82, 2.24) is 9.80 Å². The average molecular weight is 360 g/mol. The molecule has 0 radical (unpaired) electrons. The van der Waals surface area contributed by atoms with E-state index in [9.17, 15) is 22.8 Å². The minimum absolute atomic E-state index is 0.0213. The number of morpholine rings is 1. The summed E-state index contributed by atoms with van der Waals surface area (Å²) in [4.78, 5) is 26.3. The lowest BCUT2D eigenvalue weighted by molar-refractivity contribution is -0.138. The van der Waals surface area contributed by atoms with Crippen molar-refractivity contribution in [3.8, 4) is 0 Å². The molecule has 0 saturated carbocycles. The van der Waals surface area contributed by atoms with Crippen molar-refractivity contribution >= 4 is 12.0 Å².